The number of aromatic amines is 1. The lowest BCUT2D eigenvalue weighted by Crippen LogP contribution is -2.31. The van der Waals surface area contributed by atoms with Gasteiger partial charge in [0, 0.05) is 29.2 Å². The van der Waals surface area contributed by atoms with E-state index in [1.54, 1.807) is 31.5 Å². The number of rotatable bonds is 5. The summed E-state index contributed by atoms with van der Waals surface area (Å²) in [4.78, 5) is 35.9. The summed E-state index contributed by atoms with van der Waals surface area (Å²) in [5, 5.41) is 2.92. The molecular formula is C20H20N4O2. The molecule has 0 spiro atoms. The smallest absolute Gasteiger partial charge is 0.255 e. The van der Waals surface area contributed by atoms with Crippen molar-refractivity contribution in [2.24, 2.45) is 0 Å². The summed E-state index contributed by atoms with van der Waals surface area (Å²) < 4.78 is 0. The molecule has 1 amide bonds. The van der Waals surface area contributed by atoms with Crippen LogP contribution in [-0.4, -0.2) is 20.9 Å². The average molecular weight is 348 g/mol. The molecule has 3 rings (SSSR count). The third-order valence-electron chi connectivity index (χ3n) is 4.19. The molecule has 0 fully saturated rings. The van der Waals surface area contributed by atoms with E-state index in [2.05, 4.69) is 20.3 Å². The van der Waals surface area contributed by atoms with Gasteiger partial charge in [-0.05, 0) is 31.5 Å². The fourth-order valence-electron chi connectivity index (χ4n) is 2.74. The molecule has 132 valence electrons. The molecule has 2 N–H and O–H groups in total. The van der Waals surface area contributed by atoms with E-state index in [9.17, 15) is 9.59 Å². The third-order valence-corrected chi connectivity index (χ3v) is 4.19. The summed E-state index contributed by atoms with van der Waals surface area (Å²) in [6, 6.07) is 13.1. The van der Waals surface area contributed by atoms with Crippen molar-refractivity contribution in [2.45, 2.75) is 26.3 Å². The summed E-state index contributed by atoms with van der Waals surface area (Å²) in [5.74, 6) is 0.255. The largest absolute Gasteiger partial charge is 0.349 e. The fraction of sp³-hybridized carbons (Fsp3) is 0.200. The Bertz CT molecular complexity index is 953. The Balaban J connectivity index is 1.76. The Labute approximate surface area is 151 Å². The van der Waals surface area contributed by atoms with Crippen molar-refractivity contribution in [3.63, 3.8) is 0 Å². The van der Waals surface area contributed by atoms with Crippen LogP contribution in [0.2, 0.25) is 0 Å². The van der Waals surface area contributed by atoms with E-state index in [0.29, 0.717) is 17.1 Å². The van der Waals surface area contributed by atoms with Crippen LogP contribution in [0.1, 0.15) is 29.8 Å². The molecule has 2 aromatic heterocycles. The van der Waals surface area contributed by atoms with Gasteiger partial charge in [0.15, 0.2) is 0 Å². The Morgan fingerprint density at radius 3 is 2.50 bits per heavy atom. The summed E-state index contributed by atoms with van der Waals surface area (Å²) in [7, 11) is 0. The second-order valence-electron chi connectivity index (χ2n) is 6.09. The van der Waals surface area contributed by atoms with Crippen molar-refractivity contribution in [3.05, 3.63) is 82.0 Å². The first-order valence-corrected chi connectivity index (χ1v) is 8.39. The lowest BCUT2D eigenvalue weighted by atomic mass is 10.1. The molecule has 0 aliphatic rings. The zero-order valence-electron chi connectivity index (χ0n) is 14.7. The first-order chi connectivity index (χ1) is 12.5. The second-order valence-corrected chi connectivity index (χ2v) is 6.09. The van der Waals surface area contributed by atoms with E-state index in [1.165, 1.54) is 0 Å². The highest BCUT2D eigenvalue weighted by Crippen LogP contribution is 2.14. The van der Waals surface area contributed by atoms with Crippen molar-refractivity contribution in [2.75, 3.05) is 0 Å². The van der Waals surface area contributed by atoms with Crippen molar-refractivity contribution in [3.8, 4) is 11.4 Å². The highest BCUT2D eigenvalue weighted by molar-refractivity contribution is 5.79. The van der Waals surface area contributed by atoms with Crippen LogP contribution >= 0.6 is 0 Å². The monoisotopic (exact) mass is 348 g/mol. The molecule has 0 radical (unpaired) electrons. The van der Waals surface area contributed by atoms with E-state index in [-0.39, 0.29) is 23.9 Å². The number of nitrogens with one attached hydrogen (secondary N) is 2. The summed E-state index contributed by atoms with van der Waals surface area (Å²) >= 11 is 0. The van der Waals surface area contributed by atoms with Crippen LogP contribution in [0.3, 0.4) is 0 Å². The molecule has 26 heavy (non-hydrogen) atoms. The molecule has 0 bridgehead atoms. The number of carbonyl (C=O) groups excluding carboxylic acids is 1. The summed E-state index contributed by atoms with van der Waals surface area (Å²) in [6.07, 6.45) is 3.26. The van der Waals surface area contributed by atoms with Crippen molar-refractivity contribution in [1.29, 1.82) is 0 Å². The van der Waals surface area contributed by atoms with E-state index >= 15 is 0 Å². The van der Waals surface area contributed by atoms with Crippen LogP contribution in [0.4, 0.5) is 0 Å². The minimum atomic E-state index is -0.299. The van der Waals surface area contributed by atoms with Gasteiger partial charge >= 0.3 is 0 Å². The molecule has 1 aromatic carbocycles. The van der Waals surface area contributed by atoms with Crippen molar-refractivity contribution < 1.29 is 4.79 Å². The lowest BCUT2D eigenvalue weighted by Gasteiger charge is -2.14. The zero-order valence-corrected chi connectivity index (χ0v) is 14.7. The predicted molar refractivity (Wildman–Crippen MR) is 99.5 cm³/mol. The Hall–Kier alpha value is -3.28. The normalized spacial score (nSPS) is 11.8. The number of carbonyl (C=O) groups is 1. The molecule has 6 nitrogen and oxygen atoms in total. The van der Waals surface area contributed by atoms with Crippen LogP contribution in [-0.2, 0) is 11.2 Å². The van der Waals surface area contributed by atoms with E-state index < -0.39 is 0 Å². The topological polar surface area (TPSA) is 87.7 Å². The number of aryl methyl sites for hydroxylation is 1. The Morgan fingerprint density at radius 1 is 1.15 bits per heavy atom. The maximum Gasteiger partial charge on any atom is 0.255 e. The molecule has 0 aliphatic carbocycles. The molecule has 6 heteroatoms. The summed E-state index contributed by atoms with van der Waals surface area (Å²) in [5.41, 5.74) is 2.40. The van der Waals surface area contributed by atoms with Crippen LogP contribution in [0.15, 0.2) is 59.7 Å². The van der Waals surface area contributed by atoms with Crippen molar-refractivity contribution in [1.82, 2.24) is 20.3 Å². The number of H-pyrrole nitrogens is 1. The standard InChI is InChI=1S/C20H20N4O2/c1-13(15-6-4-3-5-7-15)22-18(25)12-17-14(2)23-19(24-20(17)26)16-8-10-21-11-9-16/h3-11,13H,12H2,1-2H3,(H,22,25)(H,23,24,26)/t13-/m1/s1. The second kappa shape index (κ2) is 7.74. The molecular weight excluding hydrogens is 328 g/mol. The molecule has 0 unspecified atom stereocenters. The van der Waals surface area contributed by atoms with Gasteiger partial charge in [-0.2, -0.15) is 0 Å². The molecule has 0 aliphatic heterocycles. The van der Waals surface area contributed by atoms with E-state index in [1.807, 2.05) is 37.3 Å². The number of aromatic nitrogens is 3. The number of hydrogen-bond acceptors (Lipinski definition) is 4. The quantitative estimate of drug-likeness (QED) is 0.742. The average Bonchev–Trinajstić information content (AvgIpc) is 2.66. The van der Waals surface area contributed by atoms with Crippen LogP contribution in [0, 0.1) is 6.92 Å². The highest BCUT2D eigenvalue weighted by Gasteiger charge is 2.15. The number of pyridine rings is 1. The Morgan fingerprint density at radius 2 is 1.85 bits per heavy atom. The number of nitrogens with zero attached hydrogens (tertiary/aromatic N) is 2. The zero-order chi connectivity index (χ0) is 18.5. The first kappa shape index (κ1) is 17.5. The van der Waals surface area contributed by atoms with Crippen LogP contribution in [0.25, 0.3) is 11.4 Å². The molecule has 0 saturated carbocycles. The fourth-order valence-corrected chi connectivity index (χ4v) is 2.74. The van der Waals surface area contributed by atoms with Gasteiger partial charge in [-0.25, -0.2) is 4.98 Å². The van der Waals surface area contributed by atoms with E-state index in [4.69, 9.17) is 0 Å². The maximum absolute atomic E-state index is 12.4. The highest BCUT2D eigenvalue weighted by atomic mass is 16.2. The van der Waals surface area contributed by atoms with Crippen LogP contribution < -0.4 is 10.9 Å². The van der Waals surface area contributed by atoms with Crippen molar-refractivity contribution >= 4 is 5.91 Å². The molecule has 2 heterocycles. The summed E-state index contributed by atoms with van der Waals surface area (Å²) in [6.45, 7) is 3.65. The van der Waals surface area contributed by atoms with Gasteiger partial charge in [0.2, 0.25) is 5.91 Å². The molecule has 0 saturated heterocycles. The number of hydrogen-bond donors (Lipinski definition) is 2. The van der Waals surface area contributed by atoms with Gasteiger partial charge in [-0.15, -0.1) is 0 Å². The van der Waals surface area contributed by atoms with Gasteiger partial charge in [-0.1, -0.05) is 30.3 Å². The number of amides is 1. The molecule has 3 aromatic rings. The lowest BCUT2D eigenvalue weighted by molar-refractivity contribution is -0.121. The van der Waals surface area contributed by atoms with Crippen LogP contribution in [0.5, 0.6) is 0 Å². The third kappa shape index (κ3) is 4.03. The maximum atomic E-state index is 12.4. The SMILES string of the molecule is Cc1nc(-c2ccncc2)[nH]c(=O)c1CC(=O)N[C@H](C)c1ccccc1. The van der Waals surface area contributed by atoms with Gasteiger partial charge < -0.3 is 10.3 Å². The molecule has 1 atom stereocenters. The first-order valence-electron chi connectivity index (χ1n) is 8.39. The number of benzene rings is 1. The van der Waals surface area contributed by atoms with Gasteiger partial charge in [0.05, 0.1) is 12.5 Å². The van der Waals surface area contributed by atoms with Gasteiger partial charge in [0.1, 0.15) is 5.82 Å². The minimum absolute atomic E-state index is 0.0119. The van der Waals surface area contributed by atoms with Gasteiger partial charge in [-0.3, -0.25) is 14.6 Å². The van der Waals surface area contributed by atoms with E-state index in [0.717, 1.165) is 11.1 Å². The van der Waals surface area contributed by atoms with Gasteiger partial charge in [0.25, 0.3) is 5.56 Å². The predicted octanol–water partition coefficient (Wildman–Crippen LogP) is 2.56. The Kier molecular flexibility index (Phi) is 5.22. The minimum Gasteiger partial charge on any atom is -0.349 e.